The quantitative estimate of drug-likeness (QED) is 0.592. The van der Waals surface area contributed by atoms with Crippen molar-refractivity contribution in [1.82, 2.24) is 20.1 Å². The molecule has 1 aromatic carbocycles. The Labute approximate surface area is 174 Å². The number of anilines is 1. The van der Waals surface area contributed by atoms with Crippen molar-refractivity contribution < 1.29 is 15.0 Å². The molecule has 2 aromatic heterocycles. The normalized spacial score (nSPS) is 17.2. The number of pyridine rings is 1. The highest BCUT2D eigenvalue weighted by atomic mass is 16.4. The van der Waals surface area contributed by atoms with Crippen LogP contribution in [0, 0.1) is 13.8 Å². The van der Waals surface area contributed by atoms with Crippen molar-refractivity contribution in [1.29, 1.82) is 0 Å². The van der Waals surface area contributed by atoms with Crippen LogP contribution in [0.5, 0.6) is 5.75 Å². The Morgan fingerprint density at radius 1 is 1.30 bits per heavy atom. The van der Waals surface area contributed by atoms with Crippen LogP contribution in [0.25, 0.3) is 22.2 Å². The van der Waals surface area contributed by atoms with Gasteiger partial charge in [-0.3, -0.25) is 14.7 Å². The molecule has 0 radical (unpaired) electrons. The van der Waals surface area contributed by atoms with Gasteiger partial charge in [0.1, 0.15) is 17.0 Å². The number of nitrogens with one attached hydrogen (secondary N) is 1. The molecule has 3 heterocycles. The van der Waals surface area contributed by atoms with E-state index >= 15 is 0 Å². The maximum atomic E-state index is 11.0. The molecule has 8 nitrogen and oxygen atoms in total. The predicted octanol–water partition coefficient (Wildman–Crippen LogP) is 2.98. The number of carbonyl (C=O) groups is 1. The molecule has 1 aliphatic heterocycles. The van der Waals surface area contributed by atoms with Gasteiger partial charge in [0, 0.05) is 29.7 Å². The minimum Gasteiger partial charge on any atom is -0.507 e. The lowest BCUT2D eigenvalue weighted by molar-refractivity contribution is -0.138. The van der Waals surface area contributed by atoms with Gasteiger partial charge in [0.25, 0.3) is 0 Å². The van der Waals surface area contributed by atoms with Crippen LogP contribution in [0.3, 0.4) is 0 Å². The van der Waals surface area contributed by atoms with Crippen molar-refractivity contribution >= 4 is 22.7 Å². The van der Waals surface area contributed by atoms with Crippen molar-refractivity contribution in [2.75, 3.05) is 25.0 Å². The zero-order chi connectivity index (χ0) is 21.3. The predicted molar refractivity (Wildman–Crippen MR) is 115 cm³/mol. The zero-order valence-electron chi connectivity index (χ0n) is 17.1. The van der Waals surface area contributed by atoms with Gasteiger partial charge in [-0.1, -0.05) is 6.07 Å². The number of carboxylic acid groups (broad SMARTS) is 1. The van der Waals surface area contributed by atoms with Gasteiger partial charge in [0.15, 0.2) is 5.82 Å². The summed E-state index contributed by atoms with van der Waals surface area (Å²) in [7, 11) is 0. The number of phenolic OH excluding ortho intramolecular Hbond substituents is 1. The van der Waals surface area contributed by atoms with Crippen LogP contribution in [0.2, 0.25) is 0 Å². The molecule has 1 fully saturated rings. The number of benzene rings is 1. The van der Waals surface area contributed by atoms with Gasteiger partial charge < -0.3 is 15.5 Å². The second kappa shape index (κ2) is 8.23. The van der Waals surface area contributed by atoms with Crippen LogP contribution in [0.4, 0.5) is 5.82 Å². The van der Waals surface area contributed by atoms with Gasteiger partial charge in [0.2, 0.25) is 0 Å². The molecule has 1 unspecified atom stereocenters. The molecule has 3 aromatic rings. The highest BCUT2D eigenvalue weighted by Crippen LogP contribution is 2.37. The molecular formula is C22H25N5O3. The van der Waals surface area contributed by atoms with Gasteiger partial charge in [-0.25, -0.2) is 0 Å². The Kier molecular flexibility index (Phi) is 5.50. The van der Waals surface area contributed by atoms with E-state index < -0.39 is 5.97 Å². The molecular weight excluding hydrogens is 382 g/mol. The average molecular weight is 407 g/mol. The van der Waals surface area contributed by atoms with E-state index in [1.165, 1.54) is 0 Å². The first kappa shape index (κ1) is 20.0. The molecule has 0 amide bonds. The molecule has 1 saturated heterocycles. The van der Waals surface area contributed by atoms with Crippen LogP contribution in [0.15, 0.2) is 30.5 Å². The fraction of sp³-hybridized carbons (Fsp3) is 0.364. The van der Waals surface area contributed by atoms with Gasteiger partial charge in [-0.2, -0.15) is 0 Å². The first-order valence-corrected chi connectivity index (χ1v) is 10.0. The van der Waals surface area contributed by atoms with E-state index in [0.717, 1.165) is 35.9 Å². The number of nitrogens with zero attached hydrogens (tertiary/aromatic N) is 4. The smallest absolute Gasteiger partial charge is 0.317 e. The highest BCUT2D eigenvalue weighted by molar-refractivity contribution is 5.99. The molecule has 0 bridgehead atoms. The third kappa shape index (κ3) is 4.04. The van der Waals surface area contributed by atoms with E-state index in [1.54, 1.807) is 12.3 Å². The summed E-state index contributed by atoms with van der Waals surface area (Å²) < 4.78 is 0. The Balaban J connectivity index is 1.69. The average Bonchev–Trinajstić information content (AvgIpc) is 2.68. The summed E-state index contributed by atoms with van der Waals surface area (Å²) in [5.41, 5.74) is 3.82. The third-order valence-corrected chi connectivity index (χ3v) is 5.44. The number of aromatic hydroxyl groups is 1. The number of aryl methyl sites for hydroxylation is 2. The number of hydrogen-bond donors (Lipinski definition) is 3. The lowest BCUT2D eigenvalue weighted by atomic mass is 9.99. The van der Waals surface area contributed by atoms with Crippen molar-refractivity contribution in [2.24, 2.45) is 0 Å². The molecule has 156 valence electrons. The minimum atomic E-state index is -0.819. The van der Waals surface area contributed by atoms with E-state index in [0.29, 0.717) is 29.1 Å². The Morgan fingerprint density at radius 3 is 2.90 bits per heavy atom. The van der Waals surface area contributed by atoms with E-state index in [-0.39, 0.29) is 18.3 Å². The number of fused-ring (bicyclic) bond motifs is 1. The summed E-state index contributed by atoms with van der Waals surface area (Å²) in [4.78, 5) is 17.5. The third-order valence-electron chi connectivity index (χ3n) is 5.44. The monoisotopic (exact) mass is 407 g/mol. The fourth-order valence-corrected chi connectivity index (χ4v) is 4.22. The van der Waals surface area contributed by atoms with E-state index in [4.69, 9.17) is 5.11 Å². The Hall–Kier alpha value is -3.26. The molecule has 4 rings (SSSR count). The lowest BCUT2D eigenvalue weighted by Gasteiger charge is -2.32. The number of hydrogen-bond acceptors (Lipinski definition) is 7. The van der Waals surface area contributed by atoms with E-state index in [2.05, 4.69) is 20.5 Å². The molecule has 8 heteroatoms. The van der Waals surface area contributed by atoms with Gasteiger partial charge in [-0.15, -0.1) is 10.2 Å². The van der Waals surface area contributed by atoms with Crippen LogP contribution in [0.1, 0.15) is 24.0 Å². The fourth-order valence-electron chi connectivity index (χ4n) is 4.22. The number of carboxylic acids is 1. The summed E-state index contributed by atoms with van der Waals surface area (Å²) in [6.07, 6.45) is 3.54. The second-order valence-electron chi connectivity index (χ2n) is 7.89. The number of aromatic nitrogens is 3. The topological polar surface area (TPSA) is 111 Å². The van der Waals surface area contributed by atoms with Crippen molar-refractivity contribution in [2.45, 2.75) is 32.7 Å². The van der Waals surface area contributed by atoms with Crippen LogP contribution >= 0.6 is 0 Å². The highest BCUT2D eigenvalue weighted by Gasteiger charge is 2.23. The maximum absolute atomic E-state index is 11.0. The van der Waals surface area contributed by atoms with Crippen LogP contribution < -0.4 is 5.32 Å². The van der Waals surface area contributed by atoms with E-state index in [1.807, 2.05) is 36.9 Å². The first-order chi connectivity index (χ1) is 14.4. The number of piperidine rings is 1. The van der Waals surface area contributed by atoms with Crippen molar-refractivity contribution in [3.05, 3.63) is 41.6 Å². The molecule has 3 N–H and O–H groups in total. The Morgan fingerprint density at radius 2 is 2.13 bits per heavy atom. The maximum Gasteiger partial charge on any atom is 0.317 e. The summed E-state index contributed by atoms with van der Waals surface area (Å²) in [5, 5.41) is 32.7. The zero-order valence-corrected chi connectivity index (χ0v) is 17.1. The largest absolute Gasteiger partial charge is 0.507 e. The Bertz CT molecular complexity index is 1080. The first-order valence-electron chi connectivity index (χ1n) is 10.0. The van der Waals surface area contributed by atoms with Crippen molar-refractivity contribution in [3.8, 4) is 17.0 Å². The molecule has 0 spiro atoms. The lowest BCUT2D eigenvalue weighted by Crippen LogP contribution is -2.44. The standard InChI is InChI=1S/C22H25N5O3/c1-13-9-14(2)19(17(28)10-13)20-16-6-3-7-23-21(16)22(26-25-20)24-15-5-4-8-27(11-15)12-18(29)30/h3,6-7,9-10,15,28H,4-5,8,11-12H2,1-2H3,(H,24,26)(H,29,30). The molecule has 1 aliphatic rings. The summed E-state index contributed by atoms with van der Waals surface area (Å²) in [6, 6.07) is 7.56. The van der Waals surface area contributed by atoms with Crippen molar-refractivity contribution in [3.63, 3.8) is 0 Å². The van der Waals surface area contributed by atoms with Gasteiger partial charge >= 0.3 is 5.97 Å². The molecule has 0 aliphatic carbocycles. The summed E-state index contributed by atoms with van der Waals surface area (Å²) in [6.45, 7) is 5.32. The molecule has 30 heavy (non-hydrogen) atoms. The number of rotatable bonds is 5. The van der Waals surface area contributed by atoms with Crippen LogP contribution in [-0.4, -0.2) is 61.9 Å². The minimum absolute atomic E-state index is 0.0355. The van der Waals surface area contributed by atoms with Crippen LogP contribution in [-0.2, 0) is 4.79 Å². The number of phenols is 1. The number of aliphatic carboxylic acids is 1. The molecule has 0 saturated carbocycles. The van der Waals surface area contributed by atoms with Gasteiger partial charge in [0.05, 0.1) is 6.54 Å². The summed E-state index contributed by atoms with van der Waals surface area (Å²) in [5.74, 6) is -0.0785. The van der Waals surface area contributed by atoms with E-state index in [9.17, 15) is 9.90 Å². The number of likely N-dealkylation sites (tertiary alicyclic amines) is 1. The summed E-state index contributed by atoms with van der Waals surface area (Å²) >= 11 is 0. The molecule has 1 atom stereocenters. The van der Waals surface area contributed by atoms with Gasteiger partial charge in [-0.05, 0) is 62.6 Å². The SMILES string of the molecule is Cc1cc(C)c(-c2nnc(NC3CCCN(CC(=O)O)C3)c3ncccc23)c(O)c1. The second-order valence-corrected chi connectivity index (χ2v) is 7.89.